The third-order valence-electron chi connectivity index (χ3n) is 2.47. The number of hydrogen-bond acceptors (Lipinski definition) is 4. The van der Waals surface area contributed by atoms with Crippen LogP contribution in [-0.4, -0.2) is 37.2 Å². The Morgan fingerprint density at radius 3 is 2.35 bits per heavy atom. The summed E-state index contributed by atoms with van der Waals surface area (Å²) in [6.45, 7) is 0. The molecule has 1 rings (SSSR count). The van der Waals surface area contributed by atoms with Crippen LogP contribution in [-0.2, 0) is 16.0 Å². The van der Waals surface area contributed by atoms with Crippen molar-refractivity contribution in [3.05, 3.63) is 35.4 Å². The van der Waals surface area contributed by atoms with E-state index >= 15 is 0 Å². The maximum absolute atomic E-state index is 11.3. The van der Waals surface area contributed by atoms with Gasteiger partial charge in [0.25, 0.3) is 0 Å². The molecule has 0 saturated heterocycles. The topological polar surface area (TPSA) is 75.6 Å². The van der Waals surface area contributed by atoms with E-state index in [2.05, 4.69) is 10.1 Å². The summed E-state index contributed by atoms with van der Waals surface area (Å²) in [7, 11) is 3.01. The first-order valence-electron chi connectivity index (χ1n) is 5.15. The van der Waals surface area contributed by atoms with E-state index in [1.54, 1.807) is 19.2 Å². The quantitative estimate of drug-likeness (QED) is 0.737. The fourth-order valence-electron chi connectivity index (χ4n) is 1.46. The summed E-state index contributed by atoms with van der Waals surface area (Å²) in [5.41, 5.74) is 1.10. The van der Waals surface area contributed by atoms with Gasteiger partial charge in [0.05, 0.1) is 12.7 Å². The minimum atomic E-state index is -0.963. The van der Waals surface area contributed by atoms with Crippen molar-refractivity contribution in [2.45, 2.75) is 12.5 Å². The zero-order chi connectivity index (χ0) is 12.8. The van der Waals surface area contributed by atoms with Crippen LogP contribution in [0.3, 0.4) is 0 Å². The van der Waals surface area contributed by atoms with Gasteiger partial charge in [0.15, 0.2) is 0 Å². The Labute approximate surface area is 99.4 Å². The van der Waals surface area contributed by atoms with Crippen LogP contribution in [0, 0.1) is 0 Å². The number of carboxylic acids is 1. The summed E-state index contributed by atoms with van der Waals surface area (Å²) < 4.78 is 4.64. The molecule has 0 aromatic heterocycles. The van der Waals surface area contributed by atoms with Crippen molar-refractivity contribution in [2.75, 3.05) is 14.2 Å². The summed E-state index contributed by atoms with van der Waals surface area (Å²) in [5.74, 6) is -1.30. The molecule has 0 aliphatic heterocycles. The molecule has 0 bridgehead atoms. The molecular formula is C12H15NO4. The average molecular weight is 237 g/mol. The third-order valence-corrected chi connectivity index (χ3v) is 2.47. The van der Waals surface area contributed by atoms with Crippen LogP contribution in [0.5, 0.6) is 0 Å². The highest BCUT2D eigenvalue weighted by Crippen LogP contribution is 2.07. The molecule has 1 aromatic rings. The number of carbonyl (C=O) groups is 2. The van der Waals surface area contributed by atoms with Crippen LogP contribution in [0.2, 0.25) is 0 Å². The normalized spacial score (nSPS) is 11.9. The number of nitrogens with one attached hydrogen (secondary N) is 1. The molecule has 0 aliphatic carbocycles. The number of methoxy groups -OCH3 is 1. The largest absolute Gasteiger partial charge is 0.478 e. The summed E-state index contributed by atoms with van der Waals surface area (Å²) in [6, 6.07) is 5.99. The van der Waals surface area contributed by atoms with Gasteiger partial charge in [-0.15, -0.1) is 0 Å². The Morgan fingerprint density at radius 2 is 1.94 bits per heavy atom. The minimum absolute atomic E-state index is 0.229. The van der Waals surface area contributed by atoms with Gasteiger partial charge in [-0.25, -0.2) is 4.79 Å². The van der Waals surface area contributed by atoms with Gasteiger partial charge in [-0.05, 0) is 31.2 Å². The van der Waals surface area contributed by atoms with Crippen LogP contribution in [0.4, 0.5) is 0 Å². The van der Waals surface area contributed by atoms with Crippen molar-refractivity contribution >= 4 is 11.9 Å². The van der Waals surface area contributed by atoms with Crippen LogP contribution in [0.1, 0.15) is 15.9 Å². The number of carboxylic acid groups (broad SMARTS) is 1. The molecule has 5 nitrogen and oxygen atoms in total. The molecule has 1 aromatic carbocycles. The molecule has 0 amide bonds. The standard InChI is InChI=1S/C12H15NO4/c1-13-10(12(16)17-2)7-8-3-5-9(6-4-8)11(14)15/h3-6,10,13H,7H2,1-2H3,(H,14,15)/t10-/m0/s1. The van der Waals surface area contributed by atoms with Crippen molar-refractivity contribution in [1.29, 1.82) is 0 Å². The fraction of sp³-hybridized carbons (Fsp3) is 0.333. The highest BCUT2D eigenvalue weighted by atomic mass is 16.5. The monoisotopic (exact) mass is 237 g/mol. The van der Waals surface area contributed by atoms with E-state index in [1.807, 2.05) is 0 Å². The zero-order valence-electron chi connectivity index (χ0n) is 9.77. The first-order chi connectivity index (χ1) is 8.08. The van der Waals surface area contributed by atoms with E-state index in [4.69, 9.17) is 5.11 Å². The lowest BCUT2D eigenvalue weighted by Crippen LogP contribution is -2.36. The molecule has 0 heterocycles. The first kappa shape index (κ1) is 13.2. The number of hydrogen-bond donors (Lipinski definition) is 2. The summed E-state index contributed by atoms with van der Waals surface area (Å²) >= 11 is 0. The average Bonchev–Trinajstić information content (AvgIpc) is 2.35. The molecule has 2 N–H and O–H groups in total. The van der Waals surface area contributed by atoms with E-state index in [0.717, 1.165) is 5.56 Å². The second-order valence-corrected chi connectivity index (χ2v) is 3.57. The van der Waals surface area contributed by atoms with E-state index in [9.17, 15) is 9.59 Å². The van der Waals surface area contributed by atoms with Crippen molar-refractivity contribution in [3.8, 4) is 0 Å². The lowest BCUT2D eigenvalue weighted by molar-refractivity contribution is -0.142. The second kappa shape index (κ2) is 6.00. The molecule has 17 heavy (non-hydrogen) atoms. The molecule has 0 saturated carbocycles. The van der Waals surface area contributed by atoms with Gasteiger partial charge in [0, 0.05) is 0 Å². The minimum Gasteiger partial charge on any atom is -0.478 e. The van der Waals surface area contributed by atoms with Crippen LogP contribution >= 0.6 is 0 Å². The molecule has 0 aliphatic rings. The molecule has 92 valence electrons. The first-order valence-corrected chi connectivity index (χ1v) is 5.15. The van der Waals surface area contributed by atoms with Gasteiger partial charge in [-0.1, -0.05) is 12.1 Å². The summed E-state index contributed by atoms with van der Waals surface area (Å²) in [6.07, 6.45) is 0.461. The van der Waals surface area contributed by atoms with E-state index in [1.165, 1.54) is 19.2 Å². The van der Waals surface area contributed by atoms with Gasteiger partial charge < -0.3 is 15.2 Å². The number of aromatic carboxylic acids is 1. The highest BCUT2D eigenvalue weighted by molar-refractivity contribution is 5.87. The van der Waals surface area contributed by atoms with Crippen molar-refractivity contribution < 1.29 is 19.4 Å². The van der Waals surface area contributed by atoms with Crippen LogP contribution in [0.15, 0.2) is 24.3 Å². The lowest BCUT2D eigenvalue weighted by Gasteiger charge is -2.13. The molecule has 0 spiro atoms. The van der Waals surface area contributed by atoms with Crippen LogP contribution < -0.4 is 5.32 Å². The van der Waals surface area contributed by atoms with Crippen LogP contribution in [0.25, 0.3) is 0 Å². The van der Waals surface area contributed by atoms with Gasteiger partial charge in [-0.3, -0.25) is 4.79 Å². The molecular weight excluding hydrogens is 222 g/mol. The zero-order valence-corrected chi connectivity index (χ0v) is 9.77. The number of benzene rings is 1. The Hall–Kier alpha value is -1.88. The van der Waals surface area contributed by atoms with Gasteiger partial charge in [0.2, 0.25) is 0 Å². The van der Waals surface area contributed by atoms with Crippen molar-refractivity contribution in [3.63, 3.8) is 0 Å². The third kappa shape index (κ3) is 3.57. The summed E-state index contributed by atoms with van der Waals surface area (Å²) in [4.78, 5) is 22.0. The van der Waals surface area contributed by atoms with Crippen molar-refractivity contribution in [2.24, 2.45) is 0 Å². The lowest BCUT2D eigenvalue weighted by atomic mass is 10.0. The fourth-order valence-corrected chi connectivity index (χ4v) is 1.46. The van der Waals surface area contributed by atoms with Gasteiger partial charge in [0.1, 0.15) is 6.04 Å². The number of likely N-dealkylation sites (N-methyl/N-ethyl adjacent to an activating group) is 1. The number of carbonyl (C=O) groups excluding carboxylic acids is 1. The van der Waals surface area contributed by atoms with Crippen molar-refractivity contribution in [1.82, 2.24) is 5.32 Å². The maximum Gasteiger partial charge on any atom is 0.335 e. The number of rotatable bonds is 5. The predicted molar refractivity (Wildman–Crippen MR) is 62.0 cm³/mol. The van der Waals surface area contributed by atoms with E-state index < -0.39 is 12.0 Å². The Morgan fingerprint density at radius 1 is 1.35 bits per heavy atom. The SMILES string of the molecule is CN[C@@H](Cc1ccc(C(=O)O)cc1)C(=O)OC. The Bertz CT molecular complexity index is 399. The second-order valence-electron chi connectivity index (χ2n) is 3.57. The Kier molecular flexibility index (Phi) is 4.66. The summed E-state index contributed by atoms with van der Waals surface area (Å²) in [5, 5.41) is 11.6. The highest BCUT2D eigenvalue weighted by Gasteiger charge is 2.17. The molecule has 0 radical (unpaired) electrons. The maximum atomic E-state index is 11.3. The number of esters is 1. The smallest absolute Gasteiger partial charge is 0.335 e. The Balaban J connectivity index is 2.74. The van der Waals surface area contributed by atoms with E-state index in [-0.39, 0.29) is 11.5 Å². The molecule has 0 unspecified atom stereocenters. The molecule has 1 atom stereocenters. The molecule has 5 heteroatoms. The predicted octanol–water partition coefficient (Wildman–Crippen LogP) is 0.688. The van der Waals surface area contributed by atoms with Gasteiger partial charge >= 0.3 is 11.9 Å². The van der Waals surface area contributed by atoms with Gasteiger partial charge in [-0.2, -0.15) is 0 Å². The van der Waals surface area contributed by atoms with E-state index in [0.29, 0.717) is 6.42 Å². The molecule has 0 fully saturated rings. The number of ether oxygens (including phenoxy) is 1.